The molecule has 1 rings (SSSR count). The quantitative estimate of drug-likeness (QED) is 0.474. The first-order chi connectivity index (χ1) is 4.86. The van der Waals surface area contributed by atoms with E-state index >= 15 is 0 Å². The summed E-state index contributed by atoms with van der Waals surface area (Å²) < 4.78 is 0. The summed E-state index contributed by atoms with van der Waals surface area (Å²) in [5, 5.41) is 2.55. The smallest absolute Gasteiger partial charge is 0.150 e. The van der Waals surface area contributed by atoms with Gasteiger partial charge in [-0.2, -0.15) is 0 Å². The molecule has 0 aliphatic carbocycles. The molecule has 0 radical (unpaired) electrons. The van der Waals surface area contributed by atoms with Crippen LogP contribution in [0.5, 0.6) is 0 Å². The van der Waals surface area contributed by atoms with E-state index in [1.807, 2.05) is 0 Å². The minimum Gasteiger partial charge on any atom is -0.340 e. The van der Waals surface area contributed by atoms with Crippen molar-refractivity contribution in [3.8, 4) is 0 Å². The first-order valence-corrected chi connectivity index (χ1v) is 2.79. The molecule has 50 valence electrons. The van der Waals surface area contributed by atoms with Gasteiger partial charge in [0.15, 0.2) is 5.94 Å². The summed E-state index contributed by atoms with van der Waals surface area (Å²) in [5.74, 6) is 3.31. The van der Waals surface area contributed by atoms with E-state index in [1.165, 1.54) is 0 Å². The lowest BCUT2D eigenvalue weighted by atomic mass is 10.2. The fourth-order valence-electron chi connectivity index (χ4n) is 0.677. The molecule has 1 heterocycles. The van der Waals surface area contributed by atoms with E-state index in [0.29, 0.717) is 12.1 Å². The van der Waals surface area contributed by atoms with Crippen molar-refractivity contribution >= 4 is 11.9 Å². The Balaban J connectivity index is 2.92. The average molecular weight is 135 g/mol. The van der Waals surface area contributed by atoms with Gasteiger partial charge in [0.25, 0.3) is 0 Å². The van der Waals surface area contributed by atoms with Gasteiger partial charge < -0.3 is 5.32 Å². The van der Waals surface area contributed by atoms with Crippen molar-refractivity contribution in [3.63, 3.8) is 0 Å². The van der Waals surface area contributed by atoms with Crippen LogP contribution in [0.2, 0.25) is 0 Å². The lowest BCUT2D eigenvalue weighted by Crippen LogP contribution is -2.15. The second kappa shape index (κ2) is 2.83. The molecular formula is C7H5NO2. The zero-order chi connectivity index (χ0) is 7.40. The summed E-state index contributed by atoms with van der Waals surface area (Å²) in [6, 6.07) is 0. The van der Waals surface area contributed by atoms with Crippen LogP contribution in [-0.2, 0) is 9.59 Å². The highest BCUT2D eigenvalue weighted by Crippen LogP contribution is 2.04. The monoisotopic (exact) mass is 135 g/mol. The van der Waals surface area contributed by atoms with Gasteiger partial charge in [0, 0.05) is 6.42 Å². The second-order valence-electron chi connectivity index (χ2n) is 1.83. The van der Waals surface area contributed by atoms with Gasteiger partial charge in [-0.15, -0.1) is 0 Å². The predicted octanol–water partition coefficient (Wildman–Crippen LogP) is -0.0331. The Hall–Kier alpha value is -1.56. The first kappa shape index (κ1) is 6.56. The van der Waals surface area contributed by atoms with Crippen LogP contribution in [0.3, 0.4) is 0 Å². The fraction of sp³-hybridized carbons (Fsp3) is 0.143. The predicted molar refractivity (Wildman–Crippen MR) is 35.3 cm³/mol. The van der Waals surface area contributed by atoms with Gasteiger partial charge in [0.2, 0.25) is 0 Å². The van der Waals surface area contributed by atoms with Gasteiger partial charge in [0.1, 0.15) is 17.3 Å². The van der Waals surface area contributed by atoms with Crippen LogP contribution < -0.4 is 5.32 Å². The van der Waals surface area contributed by atoms with Gasteiger partial charge in [-0.25, -0.2) is 9.59 Å². The molecule has 0 saturated carbocycles. The summed E-state index contributed by atoms with van der Waals surface area (Å²) in [6.45, 7) is 0. The number of carbonyl (C=O) groups excluding carboxylic acids is 2. The van der Waals surface area contributed by atoms with Crippen molar-refractivity contribution in [2.75, 3.05) is 0 Å². The van der Waals surface area contributed by atoms with Gasteiger partial charge in [-0.3, -0.25) is 0 Å². The third-order valence-electron chi connectivity index (χ3n) is 1.13. The molecular weight excluding hydrogens is 130 g/mol. The molecule has 1 aliphatic heterocycles. The number of rotatable bonds is 0. The van der Waals surface area contributed by atoms with Crippen LogP contribution >= 0.6 is 0 Å². The molecule has 0 bridgehead atoms. The summed E-state index contributed by atoms with van der Waals surface area (Å²) in [7, 11) is 0. The van der Waals surface area contributed by atoms with Crippen LogP contribution in [0.4, 0.5) is 0 Å². The molecule has 0 saturated heterocycles. The Morgan fingerprint density at radius 1 is 1.40 bits per heavy atom. The average Bonchev–Trinajstić information content (AvgIpc) is 2.05. The zero-order valence-corrected chi connectivity index (χ0v) is 5.18. The second-order valence-corrected chi connectivity index (χ2v) is 1.83. The highest BCUT2D eigenvalue weighted by atomic mass is 16.1. The lowest BCUT2D eigenvalue weighted by molar-refractivity contribution is 0.562. The van der Waals surface area contributed by atoms with Crippen LogP contribution in [0, 0.1) is 0 Å². The fourth-order valence-corrected chi connectivity index (χ4v) is 0.677. The number of hydrogen-bond donors (Lipinski definition) is 1. The molecule has 1 N–H and O–H groups in total. The first-order valence-electron chi connectivity index (χ1n) is 2.79. The van der Waals surface area contributed by atoms with E-state index in [0.717, 1.165) is 0 Å². The Morgan fingerprint density at radius 2 is 2.20 bits per heavy atom. The Kier molecular flexibility index (Phi) is 1.86. The zero-order valence-electron chi connectivity index (χ0n) is 5.18. The molecule has 0 fully saturated rings. The van der Waals surface area contributed by atoms with Gasteiger partial charge in [-0.1, -0.05) is 6.08 Å². The molecule has 1 aliphatic rings. The van der Waals surface area contributed by atoms with Crippen LogP contribution in [0.25, 0.3) is 0 Å². The van der Waals surface area contributed by atoms with Crippen molar-refractivity contribution < 1.29 is 9.59 Å². The standard InChI is InChI=1S/C7H5NO2/c9-4-6-2-1-3-7(5-10)8-6/h1-2,8H,3H2. The maximum Gasteiger partial charge on any atom is 0.150 e. The highest BCUT2D eigenvalue weighted by molar-refractivity contribution is 5.62. The van der Waals surface area contributed by atoms with Crippen molar-refractivity contribution in [1.82, 2.24) is 5.32 Å². The molecule has 0 amide bonds. The van der Waals surface area contributed by atoms with Crippen LogP contribution in [-0.4, -0.2) is 11.9 Å². The molecule has 0 atom stereocenters. The molecule has 10 heavy (non-hydrogen) atoms. The van der Waals surface area contributed by atoms with Crippen LogP contribution in [0.1, 0.15) is 6.42 Å². The van der Waals surface area contributed by atoms with Crippen molar-refractivity contribution in [3.05, 3.63) is 23.5 Å². The number of hydrogen-bond acceptors (Lipinski definition) is 3. The molecule has 0 spiro atoms. The summed E-state index contributed by atoms with van der Waals surface area (Å²) in [5.41, 5.74) is 0.658. The van der Waals surface area contributed by atoms with Crippen molar-refractivity contribution in [1.29, 1.82) is 0 Å². The highest BCUT2D eigenvalue weighted by Gasteiger charge is 2.03. The minimum absolute atomic E-state index is 0.282. The third kappa shape index (κ3) is 1.23. The number of nitrogens with one attached hydrogen (secondary N) is 1. The SMILES string of the molecule is O=C=C1C=CCC(=C=O)N1. The Labute approximate surface area is 57.7 Å². The molecule has 3 nitrogen and oxygen atoms in total. The Morgan fingerprint density at radius 3 is 2.80 bits per heavy atom. The van der Waals surface area contributed by atoms with E-state index in [9.17, 15) is 9.59 Å². The summed E-state index contributed by atoms with van der Waals surface area (Å²) >= 11 is 0. The molecule has 0 aromatic carbocycles. The van der Waals surface area contributed by atoms with E-state index in [-0.39, 0.29) is 5.70 Å². The maximum atomic E-state index is 10.0. The van der Waals surface area contributed by atoms with E-state index in [1.54, 1.807) is 24.0 Å². The minimum atomic E-state index is 0.282. The Bertz CT molecular complexity index is 265. The summed E-state index contributed by atoms with van der Waals surface area (Å²) in [4.78, 5) is 20.0. The molecule has 3 heteroatoms. The molecule has 0 aromatic heterocycles. The summed E-state index contributed by atoms with van der Waals surface area (Å²) in [6.07, 6.45) is 3.79. The maximum absolute atomic E-state index is 10.0. The molecule has 0 unspecified atom stereocenters. The third-order valence-corrected chi connectivity index (χ3v) is 1.13. The normalized spacial score (nSPS) is 15.6. The topological polar surface area (TPSA) is 46.2 Å². The number of allylic oxidation sites excluding steroid dienone is 2. The van der Waals surface area contributed by atoms with E-state index in [2.05, 4.69) is 5.32 Å². The van der Waals surface area contributed by atoms with E-state index < -0.39 is 0 Å². The van der Waals surface area contributed by atoms with Crippen molar-refractivity contribution in [2.45, 2.75) is 6.42 Å². The van der Waals surface area contributed by atoms with Crippen molar-refractivity contribution in [2.24, 2.45) is 0 Å². The van der Waals surface area contributed by atoms with Gasteiger partial charge >= 0.3 is 0 Å². The van der Waals surface area contributed by atoms with Gasteiger partial charge in [-0.05, 0) is 6.08 Å². The largest absolute Gasteiger partial charge is 0.340 e. The van der Waals surface area contributed by atoms with Crippen LogP contribution in [0.15, 0.2) is 23.5 Å². The van der Waals surface area contributed by atoms with E-state index in [4.69, 9.17) is 0 Å². The van der Waals surface area contributed by atoms with Gasteiger partial charge in [0.05, 0.1) is 0 Å². The lowest BCUT2D eigenvalue weighted by Gasteiger charge is -2.06. The molecule has 0 aromatic rings.